The lowest BCUT2D eigenvalue weighted by molar-refractivity contribution is -0.129. The number of amides is 1. The highest BCUT2D eigenvalue weighted by Crippen LogP contribution is 1.86. The number of hydrogen-bond donors (Lipinski definition) is 1. The van der Waals surface area contributed by atoms with E-state index in [1.165, 1.54) is 0 Å². The summed E-state index contributed by atoms with van der Waals surface area (Å²) in [6, 6.07) is 0. The summed E-state index contributed by atoms with van der Waals surface area (Å²) in [5.74, 6) is 5.75. The molecule has 0 bridgehead atoms. The minimum absolute atomic E-state index is 0.142. The van der Waals surface area contributed by atoms with Crippen molar-refractivity contribution in [1.29, 1.82) is 0 Å². The van der Waals surface area contributed by atoms with E-state index in [9.17, 15) is 4.79 Å². The Bertz CT molecular complexity index is 199. The minimum atomic E-state index is 0.142. The van der Waals surface area contributed by atoms with Crippen LogP contribution in [0, 0.1) is 11.8 Å². The summed E-state index contributed by atoms with van der Waals surface area (Å²) in [6.45, 7) is 8.27. The van der Waals surface area contributed by atoms with Gasteiger partial charge in [0.1, 0.15) is 0 Å². The van der Waals surface area contributed by atoms with Gasteiger partial charge in [0.15, 0.2) is 0 Å². The molecule has 13 heavy (non-hydrogen) atoms. The van der Waals surface area contributed by atoms with E-state index in [1.807, 2.05) is 13.8 Å². The van der Waals surface area contributed by atoms with Crippen LogP contribution in [0.1, 0.15) is 20.8 Å². The third kappa shape index (κ3) is 5.26. The number of hydrogen-bond acceptors (Lipinski definition) is 2. The SMILES string of the molecule is CC#CCNCC(=O)N(CC)CC. The van der Waals surface area contributed by atoms with Crippen molar-refractivity contribution < 1.29 is 4.79 Å². The summed E-state index contributed by atoms with van der Waals surface area (Å²) in [7, 11) is 0. The molecule has 0 unspecified atom stereocenters. The van der Waals surface area contributed by atoms with Crippen LogP contribution in [0.2, 0.25) is 0 Å². The van der Waals surface area contributed by atoms with Gasteiger partial charge in [0.25, 0.3) is 0 Å². The van der Waals surface area contributed by atoms with E-state index in [0.29, 0.717) is 13.1 Å². The highest BCUT2D eigenvalue weighted by molar-refractivity contribution is 5.78. The van der Waals surface area contributed by atoms with E-state index in [4.69, 9.17) is 0 Å². The van der Waals surface area contributed by atoms with Crippen LogP contribution in [0.15, 0.2) is 0 Å². The molecule has 0 aliphatic rings. The molecule has 0 heterocycles. The van der Waals surface area contributed by atoms with Crippen molar-refractivity contribution in [2.45, 2.75) is 20.8 Å². The molecule has 0 radical (unpaired) electrons. The summed E-state index contributed by atoms with van der Waals surface area (Å²) in [4.78, 5) is 13.2. The molecule has 3 nitrogen and oxygen atoms in total. The van der Waals surface area contributed by atoms with Gasteiger partial charge in [0, 0.05) is 13.1 Å². The standard InChI is InChI=1S/C10H18N2O/c1-4-7-8-11-9-10(13)12(5-2)6-3/h11H,5-6,8-9H2,1-3H3. The lowest BCUT2D eigenvalue weighted by atomic mass is 10.4. The fourth-order valence-corrected chi connectivity index (χ4v) is 1.01. The predicted octanol–water partition coefficient (Wildman–Crippen LogP) is 0.468. The number of carbonyl (C=O) groups is 1. The lowest BCUT2D eigenvalue weighted by Crippen LogP contribution is -2.38. The van der Waals surface area contributed by atoms with Crippen molar-refractivity contribution in [1.82, 2.24) is 10.2 Å². The Morgan fingerprint density at radius 1 is 1.38 bits per heavy atom. The fraction of sp³-hybridized carbons (Fsp3) is 0.700. The number of likely N-dealkylation sites (N-methyl/N-ethyl adjacent to an activating group) is 1. The van der Waals surface area contributed by atoms with Gasteiger partial charge in [0.2, 0.25) is 5.91 Å². The van der Waals surface area contributed by atoms with Crippen LogP contribution in [0.4, 0.5) is 0 Å². The van der Waals surface area contributed by atoms with E-state index >= 15 is 0 Å². The molecule has 1 N–H and O–H groups in total. The van der Waals surface area contributed by atoms with Crippen molar-refractivity contribution in [3.8, 4) is 11.8 Å². The van der Waals surface area contributed by atoms with Gasteiger partial charge in [0.05, 0.1) is 13.1 Å². The molecular weight excluding hydrogens is 164 g/mol. The molecule has 0 saturated carbocycles. The van der Waals surface area contributed by atoms with Gasteiger partial charge in [-0.1, -0.05) is 5.92 Å². The first-order valence-electron chi connectivity index (χ1n) is 4.64. The second kappa shape index (κ2) is 7.63. The summed E-state index contributed by atoms with van der Waals surface area (Å²) >= 11 is 0. The normalized spacial score (nSPS) is 8.85. The molecule has 0 rings (SSSR count). The minimum Gasteiger partial charge on any atom is -0.342 e. The van der Waals surface area contributed by atoms with E-state index in [-0.39, 0.29) is 5.91 Å². The van der Waals surface area contributed by atoms with Crippen molar-refractivity contribution in [3.05, 3.63) is 0 Å². The zero-order valence-corrected chi connectivity index (χ0v) is 8.68. The Labute approximate surface area is 80.5 Å². The molecule has 0 aliphatic carbocycles. The monoisotopic (exact) mass is 182 g/mol. The Kier molecular flexibility index (Phi) is 7.04. The number of nitrogens with one attached hydrogen (secondary N) is 1. The molecule has 0 fully saturated rings. The average Bonchev–Trinajstić information content (AvgIpc) is 2.14. The third-order valence-corrected chi connectivity index (χ3v) is 1.78. The maximum absolute atomic E-state index is 11.4. The predicted molar refractivity (Wildman–Crippen MR) is 54.2 cm³/mol. The van der Waals surface area contributed by atoms with Gasteiger partial charge < -0.3 is 4.90 Å². The van der Waals surface area contributed by atoms with Crippen LogP contribution in [-0.2, 0) is 4.79 Å². The van der Waals surface area contributed by atoms with Crippen molar-refractivity contribution in [2.75, 3.05) is 26.2 Å². The fourth-order valence-electron chi connectivity index (χ4n) is 1.01. The molecule has 0 aromatic carbocycles. The Morgan fingerprint density at radius 3 is 2.46 bits per heavy atom. The molecule has 0 aromatic heterocycles. The maximum atomic E-state index is 11.4. The Balaban J connectivity index is 3.64. The van der Waals surface area contributed by atoms with Crippen molar-refractivity contribution in [2.24, 2.45) is 0 Å². The topological polar surface area (TPSA) is 32.3 Å². The molecular formula is C10H18N2O. The largest absolute Gasteiger partial charge is 0.342 e. The number of carbonyl (C=O) groups excluding carboxylic acids is 1. The van der Waals surface area contributed by atoms with Crippen LogP contribution < -0.4 is 5.32 Å². The van der Waals surface area contributed by atoms with Gasteiger partial charge in [-0.05, 0) is 20.8 Å². The van der Waals surface area contributed by atoms with Crippen LogP contribution >= 0.6 is 0 Å². The summed E-state index contributed by atoms with van der Waals surface area (Å²) in [5, 5.41) is 2.97. The first kappa shape index (κ1) is 12.0. The zero-order chi connectivity index (χ0) is 10.1. The Morgan fingerprint density at radius 2 is 2.00 bits per heavy atom. The lowest BCUT2D eigenvalue weighted by Gasteiger charge is -2.18. The first-order chi connectivity index (χ1) is 6.26. The summed E-state index contributed by atoms with van der Waals surface area (Å²) in [6.07, 6.45) is 0. The maximum Gasteiger partial charge on any atom is 0.236 e. The summed E-state index contributed by atoms with van der Waals surface area (Å²) < 4.78 is 0. The van der Waals surface area contributed by atoms with Gasteiger partial charge in [-0.15, -0.1) is 5.92 Å². The van der Waals surface area contributed by atoms with Crippen molar-refractivity contribution in [3.63, 3.8) is 0 Å². The molecule has 0 spiro atoms. The second-order valence-electron chi connectivity index (χ2n) is 2.60. The van der Waals surface area contributed by atoms with Gasteiger partial charge in [-0.2, -0.15) is 0 Å². The van der Waals surface area contributed by atoms with Crippen LogP contribution in [0.25, 0.3) is 0 Å². The average molecular weight is 182 g/mol. The van der Waals surface area contributed by atoms with E-state index < -0.39 is 0 Å². The van der Waals surface area contributed by atoms with E-state index in [0.717, 1.165) is 13.1 Å². The molecule has 0 aromatic rings. The van der Waals surface area contributed by atoms with Crippen LogP contribution in [-0.4, -0.2) is 37.0 Å². The van der Waals surface area contributed by atoms with Crippen LogP contribution in [0.3, 0.4) is 0 Å². The summed E-state index contributed by atoms with van der Waals surface area (Å²) in [5.41, 5.74) is 0. The number of nitrogens with zero attached hydrogens (tertiary/aromatic N) is 1. The van der Waals surface area contributed by atoms with Gasteiger partial charge >= 0.3 is 0 Å². The molecule has 3 heteroatoms. The quantitative estimate of drug-likeness (QED) is 0.495. The van der Waals surface area contributed by atoms with Gasteiger partial charge in [-0.3, -0.25) is 10.1 Å². The molecule has 0 atom stereocenters. The zero-order valence-electron chi connectivity index (χ0n) is 8.68. The smallest absolute Gasteiger partial charge is 0.236 e. The second-order valence-corrected chi connectivity index (χ2v) is 2.60. The first-order valence-corrected chi connectivity index (χ1v) is 4.64. The van der Waals surface area contributed by atoms with Crippen LogP contribution in [0.5, 0.6) is 0 Å². The molecule has 0 saturated heterocycles. The highest BCUT2D eigenvalue weighted by atomic mass is 16.2. The van der Waals surface area contributed by atoms with E-state index in [2.05, 4.69) is 17.2 Å². The number of rotatable bonds is 5. The third-order valence-electron chi connectivity index (χ3n) is 1.78. The molecule has 1 amide bonds. The molecule has 0 aliphatic heterocycles. The van der Waals surface area contributed by atoms with Gasteiger partial charge in [-0.25, -0.2) is 0 Å². The highest BCUT2D eigenvalue weighted by Gasteiger charge is 2.06. The van der Waals surface area contributed by atoms with E-state index in [1.54, 1.807) is 11.8 Å². The molecule has 74 valence electrons. The van der Waals surface area contributed by atoms with Crippen molar-refractivity contribution >= 4 is 5.91 Å². The Hall–Kier alpha value is -1.01.